The van der Waals surface area contributed by atoms with Crippen LogP contribution in [0, 0.1) is 5.92 Å². The van der Waals surface area contributed by atoms with Crippen LogP contribution in [-0.2, 0) is 9.53 Å². The van der Waals surface area contributed by atoms with Gasteiger partial charge in [0.1, 0.15) is 5.54 Å². The Balaban J connectivity index is 2.12. The van der Waals surface area contributed by atoms with Crippen LogP contribution in [0.4, 0.5) is 0 Å². The van der Waals surface area contributed by atoms with E-state index in [1.54, 1.807) is 0 Å². The summed E-state index contributed by atoms with van der Waals surface area (Å²) in [6, 6.07) is 0.691. The summed E-state index contributed by atoms with van der Waals surface area (Å²) in [5, 5.41) is 3.47. The van der Waals surface area contributed by atoms with Crippen LogP contribution in [0.3, 0.4) is 0 Å². The average Bonchev–Trinajstić information content (AvgIpc) is 3.27. The largest absolute Gasteiger partial charge is 0.465 e. The molecule has 0 aromatic rings. The molecule has 19 heavy (non-hydrogen) atoms. The minimum atomic E-state index is -0.469. The monoisotopic (exact) mass is 268 g/mol. The summed E-state index contributed by atoms with van der Waals surface area (Å²) < 4.78 is 5.38. The Hall–Kier alpha value is -0.610. The van der Waals surface area contributed by atoms with Crippen molar-refractivity contribution in [3.05, 3.63) is 0 Å². The van der Waals surface area contributed by atoms with Gasteiger partial charge in [0.15, 0.2) is 0 Å². The van der Waals surface area contributed by atoms with Crippen LogP contribution >= 0.6 is 0 Å². The van der Waals surface area contributed by atoms with Crippen molar-refractivity contribution in [3.8, 4) is 0 Å². The van der Waals surface area contributed by atoms with Gasteiger partial charge in [0, 0.05) is 12.6 Å². The normalized spacial score (nSPS) is 22.3. The third-order valence-corrected chi connectivity index (χ3v) is 4.33. The molecule has 2 aliphatic rings. The summed E-state index contributed by atoms with van der Waals surface area (Å²) in [4.78, 5) is 15.0. The van der Waals surface area contributed by atoms with Gasteiger partial charge in [-0.15, -0.1) is 0 Å². The molecule has 0 heterocycles. The second-order valence-corrected chi connectivity index (χ2v) is 5.79. The number of hydrogen-bond donors (Lipinski definition) is 1. The first-order valence-electron chi connectivity index (χ1n) is 7.84. The highest BCUT2D eigenvalue weighted by molar-refractivity contribution is 5.82. The topological polar surface area (TPSA) is 41.6 Å². The molecule has 2 fully saturated rings. The zero-order valence-electron chi connectivity index (χ0n) is 12.6. The van der Waals surface area contributed by atoms with Crippen molar-refractivity contribution in [2.24, 2.45) is 5.92 Å². The van der Waals surface area contributed by atoms with E-state index in [9.17, 15) is 4.79 Å². The maximum atomic E-state index is 12.5. The molecule has 4 heteroatoms. The van der Waals surface area contributed by atoms with E-state index in [1.807, 2.05) is 6.92 Å². The molecule has 2 aliphatic carbocycles. The fraction of sp³-hybridized carbons (Fsp3) is 0.933. The van der Waals surface area contributed by atoms with Crippen molar-refractivity contribution in [2.45, 2.75) is 58.0 Å². The number of esters is 1. The van der Waals surface area contributed by atoms with Crippen LogP contribution in [0.25, 0.3) is 0 Å². The molecule has 0 bridgehead atoms. The van der Waals surface area contributed by atoms with Gasteiger partial charge in [0.25, 0.3) is 0 Å². The predicted molar refractivity (Wildman–Crippen MR) is 76.0 cm³/mol. The molecule has 0 spiro atoms. The van der Waals surface area contributed by atoms with Crippen molar-refractivity contribution in [1.82, 2.24) is 10.2 Å². The minimum Gasteiger partial charge on any atom is -0.465 e. The van der Waals surface area contributed by atoms with Crippen molar-refractivity contribution < 1.29 is 9.53 Å². The fourth-order valence-electron chi connectivity index (χ4n) is 3.04. The number of hydrogen-bond acceptors (Lipinski definition) is 4. The predicted octanol–water partition coefficient (Wildman–Crippen LogP) is 1.79. The zero-order valence-corrected chi connectivity index (χ0v) is 12.6. The highest BCUT2D eigenvalue weighted by Gasteiger charge is 2.53. The maximum absolute atomic E-state index is 12.5. The van der Waals surface area contributed by atoms with Crippen molar-refractivity contribution in [2.75, 3.05) is 26.2 Å². The van der Waals surface area contributed by atoms with Crippen molar-refractivity contribution in [3.63, 3.8) is 0 Å². The SMILES string of the molecule is CCNC(CN(CC)C1CC1)(C(=O)OCC)C1CC1. The van der Waals surface area contributed by atoms with Crippen molar-refractivity contribution in [1.29, 1.82) is 0 Å². The van der Waals surface area contributed by atoms with E-state index in [2.05, 4.69) is 24.1 Å². The number of ether oxygens (including phenoxy) is 1. The number of rotatable bonds is 9. The van der Waals surface area contributed by atoms with E-state index in [0.29, 0.717) is 18.6 Å². The summed E-state index contributed by atoms with van der Waals surface area (Å²) in [6.07, 6.45) is 4.86. The number of carbonyl (C=O) groups excluding carboxylic acids is 1. The molecule has 2 rings (SSSR count). The van der Waals surface area contributed by atoms with Gasteiger partial charge in [0.05, 0.1) is 6.61 Å². The highest BCUT2D eigenvalue weighted by Crippen LogP contribution is 2.42. The molecule has 0 aromatic carbocycles. The number of nitrogens with zero attached hydrogens (tertiary/aromatic N) is 1. The molecule has 4 nitrogen and oxygen atoms in total. The van der Waals surface area contributed by atoms with Crippen LogP contribution in [0.15, 0.2) is 0 Å². The third kappa shape index (κ3) is 3.29. The molecule has 1 atom stereocenters. The van der Waals surface area contributed by atoms with E-state index >= 15 is 0 Å². The van der Waals surface area contributed by atoms with Gasteiger partial charge in [-0.25, -0.2) is 4.79 Å². The molecule has 0 aromatic heterocycles. The lowest BCUT2D eigenvalue weighted by molar-refractivity contribution is -0.153. The van der Waals surface area contributed by atoms with Gasteiger partial charge in [-0.3, -0.25) is 4.90 Å². The van der Waals surface area contributed by atoms with E-state index in [0.717, 1.165) is 32.5 Å². The zero-order chi connectivity index (χ0) is 13.9. The van der Waals surface area contributed by atoms with Gasteiger partial charge < -0.3 is 10.1 Å². The van der Waals surface area contributed by atoms with Gasteiger partial charge in [-0.1, -0.05) is 13.8 Å². The van der Waals surface area contributed by atoms with Gasteiger partial charge in [0.2, 0.25) is 0 Å². The van der Waals surface area contributed by atoms with Crippen LogP contribution in [0.1, 0.15) is 46.5 Å². The first-order valence-corrected chi connectivity index (χ1v) is 7.84. The van der Waals surface area contributed by atoms with Gasteiger partial charge in [-0.05, 0) is 51.6 Å². The van der Waals surface area contributed by atoms with Gasteiger partial charge in [-0.2, -0.15) is 0 Å². The summed E-state index contributed by atoms with van der Waals surface area (Å²) in [5.74, 6) is 0.415. The quantitative estimate of drug-likeness (QED) is 0.647. The lowest BCUT2D eigenvalue weighted by atomic mass is 9.91. The van der Waals surface area contributed by atoms with Crippen LogP contribution in [0.2, 0.25) is 0 Å². The summed E-state index contributed by atoms with van der Waals surface area (Å²) in [6.45, 7) is 9.26. The number of carbonyl (C=O) groups is 1. The summed E-state index contributed by atoms with van der Waals surface area (Å²) in [7, 11) is 0. The first kappa shape index (κ1) is 14.8. The third-order valence-electron chi connectivity index (χ3n) is 4.33. The summed E-state index contributed by atoms with van der Waals surface area (Å²) in [5.41, 5.74) is -0.469. The Morgan fingerprint density at radius 3 is 2.37 bits per heavy atom. The van der Waals surface area contributed by atoms with Crippen LogP contribution < -0.4 is 5.32 Å². The lowest BCUT2D eigenvalue weighted by Crippen LogP contribution is -2.61. The number of nitrogens with one attached hydrogen (secondary N) is 1. The lowest BCUT2D eigenvalue weighted by Gasteiger charge is -2.37. The second-order valence-electron chi connectivity index (χ2n) is 5.79. The molecule has 0 aliphatic heterocycles. The molecule has 1 unspecified atom stereocenters. The Morgan fingerprint density at radius 1 is 1.26 bits per heavy atom. The van der Waals surface area contributed by atoms with E-state index in [4.69, 9.17) is 4.74 Å². The molecule has 110 valence electrons. The van der Waals surface area contributed by atoms with E-state index in [-0.39, 0.29) is 5.97 Å². The fourth-order valence-corrected chi connectivity index (χ4v) is 3.04. The Labute approximate surface area is 116 Å². The smallest absolute Gasteiger partial charge is 0.327 e. The van der Waals surface area contributed by atoms with Crippen LogP contribution in [-0.4, -0.2) is 48.7 Å². The van der Waals surface area contributed by atoms with E-state index < -0.39 is 5.54 Å². The highest BCUT2D eigenvalue weighted by atomic mass is 16.5. The minimum absolute atomic E-state index is 0.0431. The molecule has 1 N–H and O–H groups in total. The molecular weight excluding hydrogens is 240 g/mol. The molecule has 0 amide bonds. The number of likely N-dealkylation sites (N-methyl/N-ethyl adjacent to an activating group) is 2. The molecule has 0 saturated heterocycles. The average molecular weight is 268 g/mol. The first-order chi connectivity index (χ1) is 9.17. The Kier molecular flexibility index (Phi) is 4.85. The molecule has 2 saturated carbocycles. The van der Waals surface area contributed by atoms with Gasteiger partial charge >= 0.3 is 5.97 Å². The molecule has 0 radical (unpaired) electrons. The molecular formula is C15H28N2O2. The Morgan fingerprint density at radius 2 is 1.95 bits per heavy atom. The Bertz CT molecular complexity index is 313. The van der Waals surface area contributed by atoms with Crippen LogP contribution in [0.5, 0.6) is 0 Å². The standard InChI is InChI=1S/C15H28N2O2/c1-4-16-15(12-7-8-12,14(18)19-6-3)11-17(5-2)13-9-10-13/h12-13,16H,4-11H2,1-3H3. The van der Waals surface area contributed by atoms with E-state index in [1.165, 1.54) is 12.8 Å². The van der Waals surface area contributed by atoms with Crippen molar-refractivity contribution >= 4 is 5.97 Å². The maximum Gasteiger partial charge on any atom is 0.327 e. The summed E-state index contributed by atoms with van der Waals surface area (Å²) >= 11 is 0. The second kappa shape index (κ2) is 6.23.